The highest BCUT2D eigenvalue weighted by Crippen LogP contribution is 2.40. The van der Waals surface area contributed by atoms with E-state index in [1.807, 2.05) is 0 Å². The van der Waals surface area contributed by atoms with Crippen LogP contribution in [-0.4, -0.2) is 67.0 Å². The Kier molecular flexibility index (Phi) is 9.31. The Hall–Kier alpha value is -3.35. The Bertz CT molecular complexity index is 1800. The molecule has 0 heterocycles. The topological polar surface area (TPSA) is 201 Å². The minimum absolute atomic E-state index is 0.0226. The molecule has 0 saturated heterocycles. The van der Waals surface area contributed by atoms with E-state index in [4.69, 9.17) is 9.47 Å². The summed E-state index contributed by atoms with van der Waals surface area (Å²) < 4.78 is 98.7. The van der Waals surface area contributed by atoms with Gasteiger partial charge in [-0.2, -0.15) is 8.42 Å². The molecule has 3 N–H and O–H groups in total. The van der Waals surface area contributed by atoms with Gasteiger partial charge in [0.2, 0.25) is 10.0 Å². The summed E-state index contributed by atoms with van der Waals surface area (Å²) in [6, 6.07) is 10.2. The lowest BCUT2D eigenvalue weighted by molar-refractivity contribution is 0.144. The zero-order valence-electron chi connectivity index (χ0n) is 22.8. The average molecular weight is 631 g/mol. The van der Waals surface area contributed by atoms with Crippen LogP contribution in [0.25, 0.3) is 10.8 Å². The lowest BCUT2D eigenvalue weighted by Gasteiger charge is -2.23. The van der Waals surface area contributed by atoms with Gasteiger partial charge in [0, 0.05) is 23.4 Å². The molecule has 0 aliphatic heterocycles. The predicted molar refractivity (Wildman–Crippen MR) is 151 cm³/mol. The van der Waals surface area contributed by atoms with Gasteiger partial charge in [0.05, 0.1) is 24.2 Å². The number of rotatable bonds is 11. The molecule has 0 aromatic heterocycles. The number of nitrogens with zero attached hydrogens (tertiary/aromatic N) is 3. The number of phenols is 1. The molecule has 14 nitrogen and oxygen atoms in total. The molecule has 224 valence electrons. The highest BCUT2D eigenvalue weighted by atomic mass is 32.2. The molecule has 0 unspecified atom stereocenters. The Balaban J connectivity index is 2.21. The van der Waals surface area contributed by atoms with E-state index in [9.17, 15) is 34.9 Å². The minimum atomic E-state index is -4.78. The summed E-state index contributed by atoms with van der Waals surface area (Å²) >= 11 is 0. The van der Waals surface area contributed by atoms with Gasteiger partial charge in [-0.3, -0.25) is 4.55 Å². The number of ether oxygens (including phenoxy) is 2. The zero-order chi connectivity index (χ0) is 30.8. The van der Waals surface area contributed by atoms with Crippen molar-refractivity contribution in [2.75, 3.05) is 31.0 Å². The van der Waals surface area contributed by atoms with Gasteiger partial charge in [-0.25, -0.2) is 21.6 Å². The van der Waals surface area contributed by atoms with Crippen LogP contribution >= 0.6 is 0 Å². The van der Waals surface area contributed by atoms with Crippen LogP contribution in [0.2, 0.25) is 0 Å². The van der Waals surface area contributed by atoms with Gasteiger partial charge in [-0.15, -0.1) is 9.53 Å². The second-order valence-corrected chi connectivity index (χ2v) is 14.6. The molecule has 41 heavy (non-hydrogen) atoms. The molecule has 17 heteroatoms. The molecule has 0 aliphatic rings. The molecule has 0 amide bonds. The van der Waals surface area contributed by atoms with Crippen LogP contribution in [0.15, 0.2) is 68.7 Å². The van der Waals surface area contributed by atoms with E-state index in [0.29, 0.717) is 4.41 Å². The number of hydrogen-bond donors (Lipinski definition) is 3. The predicted octanol–water partition coefficient (Wildman–Crippen LogP) is 3.36. The highest BCUT2D eigenvalue weighted by Gasteiger charge is 2.30. The summed E-state index contributed by atoms with van der Waals surface area (Å²) in [5.74, 6) is -0.803. The molecule has 0 radical (unpaired) electrons. The van der Waals surface area contributed by atoms with Crippen molar-refractivity contribution in [2.24, 2.45) is 10.3 Å². The van der Waals surface area contributed by atoms with Crippen LogP contribution in [0, 0.1) is 0 Å². The number of aromatic hydroxyl groups is 1. The van der Waals surface area contributed by atoms with Crippen molar-refractivity contribution in [3.63, 3.8) is 0 Å². The van der Waals surface area contributed by atoms with Crippen LogP contribution < -0.4 is 13.9 Å². The van der Waals surface area contributed by atoms with Gasteiger partial charge >= 0.3 is 0 Å². The lowest BCUT2D eigenvalue weighted by atomic mass is 10.1. The number of nitrogens with one attached hydrogen (secondary N) is 1. The van der Waals surface area contributed by atoms with E-state index in [0.717, 1.165) is 18.4 Å². The van der Waals surface area contributed by atoms with Crippen LogP contribution in [0.5, 0.6) is 11.5 Å². The van der Waals surface area contributed by atoms with Gasteiger partial charge in [-0.05, 0) is 45.0 Å². The standard InChI is InChI=1S/C24H30N4O10S3/c1-24(2,3)26-40(32,33)22-15-19(17-8-6-7-9-18(17)23(22)29)28(39(5,30)31)27-25-16-10-11-20(38-13-12-37-4)21(14-16)41(34,35)36/h6-11,14-15,26,29H,12-13H2,1-5H3,(H,34,35,36). The molecule has 0 saturated carbocycles. The van der Waals surface area contributed by atoms with Crippen molar-refractivity contribution in [3.8, 4) is 11.5 Å². The van der Waals surface area contributed by atoms with Crippen molar-refractivity contribution in [1.29, 1.82) is 0 Å². The van der Waals surface area contributed by atoms with Crippen molar-refractivity contribution in [3.05, 3.63) is 48.5 Å². The first-order valence-corrected chi connectivity index (χ1v) is 16.6. The molecule has 3 aromatic carbocycles. The van der Waals surface area contributed by atoms with Crippen molar-refractivity contribution in [1.82, 2.24) is 4.72 Å². The fraction of sp³-hybridized carbons (Fsp3) is 0.333. The van der Waals surface area contributed by atoms with Crippen molar-refractivity contribution < 1.29 is 44.4 Å². The molecule has 0 aliphatic carbocycles. The first-order valence-electron chi connectivity index (χ1n) is 11.8. The molecular formula is C24H30N4O10S3. The molecule has 3 rings (SSSR count). The van der Waals surface area contributed by atoms with E-state index in [-0.39, 0.29) is 41.1 Å². The number of fused-ring (bicyclic) bond motifs is 1. The summed E-state index contributed by atoms with van der Waals surface area (Å²) in [6.45, 7) is 4.89. The quantitative estimate of drug-likeness (QED) is 0.122. The zero-order valence-corrected chi connectivity index (χ0v) is 25.2. The van der Waals surface area contributed by atoms with Crippen LogP contribution in [0.1, 0.15) is 20.8 Å². The Morgan fingerprint density at radius 3 is 2.12 bits per heavy atom. The highest BCUT2D eigenvalue weighted by molar-refractivity contribution is 7.92. The second-order valence-electron chi connectivity index (χ2n) is 9.79. The van der Waals surface area contributed by atoms with E-state index < -0.39 is 51.2 Å². The van der Waals surface area contributed by atoms with Crippen molar-refractivity contribution >= 4 is 52.3 Å². The number of methoxy groups -OCH3 is 1. The molecule has 0 bridgehead atoms. The number of hydrogen-bond acceptors (Lipinski definition) is 11. The van der Waals surface area contributed by atoms with E-state index in [2.05, 4.69) is 15.1 Å². The third-order valence-corrected chi connectivity index (χ3v) is 8.75. The Labute approximate surface area is 238 Å². The lowest BCUT2D eigenvalue weighted by Crippen LogP contribution is -2.40. The molecule has 0 atom stereocenters. The molecule has 0 spiro atoms. The summed E-state index contributed by atoms with van der Waals surface area (Å²) in [4.78, 5) is -1.25. The smallest absolute Gasteiger partial charge is 0.298 e. The van der Waals surface area contributed by atoms with Crippen LogP contribution in [-0.2, 0) is 34.9 Å². The van der Waals surface area contributed by atoms with Gasteiger partial charge in [0.25, 0.3) is 20.1 Å². The maximum Gasteiger partial charge on any atom is 0.298 e. The molecule has 0 fully saturated rings. The third-order valence-electron chi connectivity index (χ3n) is 5.20. The van der Waals surface area contributed by atoms with Gasteiger partial charge in [0.15, 0.2) is 0 Å². The normalized spacial score (nSPS) is 13.1. The van der Waals surface area contributed by atoms with Crippen molar-refractivity contribution in [2.45, 2.75) is 36.1 Å². The fourth-order valence-electron chi connectivity index (χ4n) is 3.64. The van der Waals surface area contributed by atoms with Gasteiger partial charge in [-0.1, -0.05) is 29.5 Å². The van der Waals surface area contributed by atoms with Gasteiger partial charge < -0.3 is 14.6 Å². The first kappa shape index (κ1) is 32.2. The SMILES string of the molecule is COCCOc1ccc(N=NN(c2cc(S(=O)(=O)NC(C)(C)C)c(O)c3ccccc23)S(C)(=O)=O)cc1S(=O)(=O)O. The van der Waals surface area contributed by atoms with E-state index >= 15 is 0 Å². The number of sulfonamides is 2. The van der Waals surface area contributed by atoms with Crippen LogP contribution in [0.4, 0.5) is 11.4 Å². The average Bonchev–Trinajstić information content (AvgIpc) is 2.83. The van der Waals surface area contributed by atoms with E-state index in [1.165, 1.54) is 37.4 Å². The Morgan fingerprint density at radius 1 is 0.927 bits per heavy atom. The number of benzene rings is 3. The number of anilines is 1. The maximum atomic E-state index is 13.2. The Morgan fingerprint density at radius 2 is 1.56 bits per heavy atom. The largest absolute Gasteiger partial charge is 0.506 e. The number of phenolic OH excluding ortho intramolecular Hbond substituents is 1. The second kappa shape index (κ2) is 11.9. The maximum absolute atomic E-state index is 13.2. The van der Waals surface area contributed by atoms with Crippen LogP contribution in [0.3, 0.4) is 0 Å². The fourth-order valence-corrected chi connectivity index (χ4v) is 6.51. The molecular weight excluding hydrogens is 600 g/mol. The third kappa shape index (κ3) is 7.90. The summed E-state index contributed by atoms with van der Waals surface area (Å²) in [6.07, 6.45) is 0.797. The summed E-state index contributed by atoms with van der Waals surface area (Å²) in [5, 5.41) is 18.6. The minimum Gasteiger partial charge on any atom is -0.506 e. The van der Waals surface area contributed by atoms with E-state index in [1.54, 1.807) is 26.8 Å². The summed E-state index contributed by atoms with van der Waals surface area (Å²) in [7, 11) is -12.0. The monoisotopic (exact) mass is 630 g/mol. The summed E-state index contributed by atoms with van der Waals surface area (Å²) in [5.41, 5.74) is -1.37. The molecule has 3 aromatic rings. The first-order chi connectivity index (χ1) is 18.8. The van der Waals surface area contributed by atoms with Gasteiger partial charge in [0.1, 0.15) is 27.9 Å².